The fraction of sp³-hybridized carbons (Fsp3) is 0.167. The highest BCUT2D eigenvalue weighted by atomic mass is 16.7. The molecule has 6 heteroatoms. The third kappa shape index (κ3) is 4.45. The van der Waals surface area contributed by atoms with Gasteiger partial charge < -0.3 is 18.9 Å². The van der Waals surface area contributed by atoms with Crippen LogP contribution in [0.1, 0.15) is 0 Å². The molecular formula is C12H10O6. The van der Waals surface area contributed by atoms with Crippen molar-refractivity contribution in [3.8, 4) is 23.8 Å². The van der Waals surface area contributed by atoms with E-state index in [0.29, 0.717) is 0 Å². The fourth-order valence-electron chi connectivity index (χ4n) is 0.965. The summed E-state index contributed by atoms with van der Waals surface area (Å²) in [7, 11) is 1.18. The van der Waals surface area contributed by atoms with Crippen molar-refractivity contribution >= 4 is 12.3 Å². The van der Waals surface area contributed by atoms with Crippen LogP contribution in [0.4, 0.5) is 9.59 Å². The number of hydrogen-bond donors (Lipinski definition) is 0. The standard InChI is InChI=1S/C12H10O6/c1-3-7-16-12(14)18-10-6-4-5-9(8-10)17-11(13)15-2/h1,4-6,8H,7H2,2H3. The Hall–Kier alpha value is -2.68. The van der Waals surface area contributed by atoms with Crippen molar-refractivity contribution in [1.82, 2.24) is 0 Å². The zero-order valence-corrected chi connectivity index (χ0v) is 9.54. The van der Waals surface area contributed by atoms with E-state index >= 15 is 0 Å². The summed E-state index contributed by atoms with van der Waals surface area (Å²) in [4.78, 5) is 21.9. The Balaban J connectivity index is 2.62. The van der Waals surface area contributed by atoms with E-state index in [-0.39, 0.29) is 18.1 Å². The van der Waals surface area contributed by atoms with Crippen LogP contribution in [0.25, 0.3) is 0 Å². The molecule has 0 bridgehead atoms. The van der Waals surface area contributed by atoms with Gasteiger partial charge in [-0.05, 0) is 12.1 Å². The van der Waals surface area contributed by atoms with Crippen molar-refractivity contribution < 1.29 is 28.5 Å². The number of terminal acetylenes is 1. The molecule has 1 rings (SSSR count). The van der Waals surface area contributed by atoms with Crippen LogP contribution in [0.2, 0.25) is 0 Å². The highest BCUT2D eigenvalue weighted by Gasteiger charge is 2.08. The summed E-state index contributed by atoms with van der Waals surface area (Å²) in [5.74, 6) is 2.44. The smallest absolute Gasteiger partial charge is 0.437 e. The summed E-state index contributed by atoms with van der Waals surface area (Å²) in [6, 6.07) is 5.84. The van der Waals surface area contributed by atoms with E-state index in [4.69, 9.17) is 15.9 Å². The minimum absolute atomic E-state index is 0.151. The van der Waals surface area contributed by atoms with Crippen LogP contribution in [-0.4, -0.2) is 26.0 Å². The lowest BCUT2D eigenvalue weighted by Gasteiger charge is -2.06. The van der Waals surface area contributed by atoms with E-state index < -0.39 is 12.3 Å². The fourth-order valence-corrected chi connectivity index (χ4v) is 0.965. The third-order valence-corrected chi connectivity index (χ3v) is 1.65. The second-order valence-corrected chi connectivity index (χ2v) is 2.88. The van der Waals surface area contributed by atoms with Gasteiger partial charge in [0, 0.05) is 6.07 Å². The van der Waals surface area contributed by atoms with Crippen LogP contribution in [0.15, 0.2) is 24.3 Å². The van der Waals surface area contributed by atoms with Crippen LogP contribution in [0.5, 0.6) is 11.5 Å². The number of hydrogen-bond acceptors (Lipinski definition) is 6. The normalized spacial score (nSPS) is 8.89. The van der Waals surface area contributed by atoms with Crippen LogP contribution in [0, 0.1) is 12.3 Å². The summed E-state index contributed by atoms with van der Waals surface area (Å²) in [5.41, 5.74) is 0. The molecule has 94 valence electrons. The topological polar surface area (TPSA) is 71.1 Å². The Kier molecular flexibility index (Phi) is 5.06. The number of rotatable bonds is 3. The second-order valence-electron chi connectivity index (χ2n) is 2.88. The minimum Gasteiger partial charge on any atom is -0.437 e. The van der Waals surface area contributed by atoms with Gasteiger partial charge in [-0.3, -0.25) is 0 Å². The molecule has 0 aliphatic heterocycles. The molecule has 0 aliphatic rings. The number of ether oxygens (including phenoxy) is 4. The number of methoxy groups -OCH3 is 1. The lowest BCUT2D eigenvalue weighted by Crippen LogP contribution is -2.11. The number of carbonyl (C=O) groups excluding carboxylic acids is 2. The molecule has 1 aromatic rings. The van der Waals surface area contributed by atoms with Gasteiger partial charge in [0.2, 0.25) is 0 Å². The second kappa shape index (κ2) is 6.81. The average Bonchev–Trinajstić information content (AvgIpc) is 2.36. The molecule has 18 heavy (non-hydrogen) atoms. The molecule has 1 aromatic carbocycles. The Labute approximate surface area is 103 Å². The predicted octanol–water partition coefficient (Wildman–Crippen LogP) is 1.98. The van der Waals surface area contributed by atoms with Crippen molar-refractivity contribution in [1.29, 1.82) is 0 Å². The summed E-state index contributed by atoms with van der Waals surface area (Å²) >= 11 is 0. The number of carbonyl (C=O) groups is 2. The van der Waals surface area contributed by atoms with Crippen molar-refractivity contribution in [2.45, 2.75) is 0 Å². The van der Waals surface area contributed by atoms with E-state index in [2.05, 4.69) is 15.4 Å². The molecule has 0 spiro atoms. The maximum atomic E-state index is 11.1. The maximum Gasteiger partial charge on any atom is 0.514 e. The minimum atomic E-state index is -0.942. The quantitative estimate of drug-likeness (QED) is 0.464. The first-order chi connectivity index (χ1) is 8.65. The molecule has 0 fully saturated rings. The zero-order chi connectivity index (χ0) is 13.4. The lowest BCUT2D eigenvalue weighted by molar-refractivity contribution is 0.111. The van der Waals surface area contributed by atoms with Crippen LogP contribution in [-0.2, 0) is 9.47 Å². The summed E-state index contributed by atoms with van der Waals surface area (Å²) in [6.07, 6.45) is 3.10. The third-order valence-electron chi connectivity index (χ3n) is 1.65. The van der Waals surface area contributed by atoms with Crippen molar-refractivity contribution in [2.75, 3.05) is 13.7 Å². The largest absolute Gasteiger partial charge is 0.514 e. The van der Waals surface area contributed by atoms with Crippen LogP contribution >= 0.6 is 0 Å². The first-order valence-corrected chi connectivity index (χ1v) is 4.79. The summed E-state index contributed by atoms with van der Waals surface area (Å²) < 4.78 is 18.3. The van der Waals surface area contributed by atoms with Gasteiger partial charge in [-0.1, -0.05) is 12.0 Å². The Morgan fingerprint density at radius 1 is 1.22 bits per heavy atom. The monoisotopic (exact) mass is 250 g/mol. The van der Waals surface area contributed by atoms with Crippen LogP contribution < -0.4 is 9.47 Å². The van der Waals surface area contributed by atoms with E-state index in [0.717, 1.165) is 0 Å². The molecule has 0 unspecified atom stereocenters. The Morgan fingerprint density at radius 3 is 2.39 bits per heavy atom. The van der Waals surface area contributed by atoms with E-state index in [9.17, 15) is 9.59 Å². The highest BCUT2D eigenvalue weighted by molar-refractivity contribution is 5.66. The molecule has 0 aromatic heterocycles. The first-order valence-electron chi connectivity index (χ1n) is 4.79. The molecule has 0 saturated carbocycles. The molecule has 6 nitrogen and oxygen atoms in total. The molecule has 0 aliphatic carbocycles. The summed E-state index contributed by atoms with van der Waals surface area (Å²) in [5, 5.41) is 0. The first kappa shape index (κ1) is 13.4. The number of benzene rings is 1. The molecular weight excluding hydrogens is 240 g/mol. The average molecular weight is 250 g/mol. The molecule has 0 heterocycles. The predicted molar refractivity (Wildman–Crippen MR) is 60.3 cm³/mol. The van der Waals surface area contributed by atoms with E-state index in [1.807, 2.05) is 0 Å². The summed E-state index contributed by atoms with van der Waals surface area (Å²) in [6.45, 7) is -0.183. The van der Waals surface area contributed by atoms with Gasteiger partial charge in [-0.2, -0.15) is 0 Å². The molecule has 0 saturated heterocycles. The van der Waals surface area contributed by atoms with Gasteiger partial charge in [0.05, 0.1) is 7.11 Å². The van der Waals surface area contributed by atoms with Crippen LogP contribution in [0.3, 0.4) is 0 Å². The van der Waals surface area contributed by atoms with Crippen molar-refractivity contribution in [2.24, 2.45) is 0 Å². The highest BCUT2D eigenvalue weighted by Crippen LogP contribution is 2.20. The van der Waals surface area contributed by atoms with Gasteiger partial charge in [0.25, 0.3) is 0 Å². The molecule has 0 amide bonds. The van der Waals surface area contributed by atoms with Gasteiger partial charge in [-0.15, -0.1) is 6.42 Å². The lowest BCUT2D eigenvalue weighted by atomic mass is 10.3. The molecule has 0 radical (unpaired) electrons. The zero-order valence-electron chi connectivity index (χ0n) is 9.54. The molecule has 0 atom stereocenters. The van der Waals surface area contributed by atoms with Gasteiger partial charge in [-0.25, -0.2) is 9.59 Å². The Bertz CT molecular complexity index is 474. The Morgan fingerprint density at radius 2 is 1.83 bits per heavy atom. The molecule has 0 N–H and O–H groups in total. The van der Waals surface area contributed by atoms with Crippen molar-refractivity contribution in [3.05, 3.63) is 24.3 Å². The van der Waals surface area contributed by atoms with E-state index in [1.165, 1.54) is 31.4 Å². The SMILES string of the molecule is C#CCOC(=O)Oc1cccc(OC(=O)OC)c1. The van der Waals surface area contributed by atoms with Gasteiger partial charge >= 0.3 is 12.3 Å². The van der Waals surface area contributed by atoms with Crippen molar-refractivity contribution in [3.63, 3.8) is 0 Å². The maximum absolute atomic E-state index is 11.1. The van der Waals surface area contributed by atoms with Gasteiger partial charge in [0.15, 0.2) is 6.61 Å². The van der Waals surface area contributed by atoms with Gasteiger partial charge in [0.1, 0.15) is 11.5 Å². The van der Waals surface area contributed by atoms with E-state index in [1.54, 1.807) is 0 Å².